The Hall–Kier alpha value is 1.51. The molecule has 9 heteroatoms. The molecule has 0 aromatic heterocycles. The SMILES string of the molecule is CSC1=C(SCCC#N)SC(=C2SC3=C(SCCCS3)S2)S1. The number of rotatable bonds is 4. The van der Waals surface area contributed by atoms with E-state index in [1.165, 1.54) is 43.3 Å². The second-order valence-corrected chi connectivity index (χ2v) is 13.9. The molecule has 0 aromatic carbocycles. The molecular weight excluding hydrogens is 427 g/mol. The van der Waals surface area contributed by atoms with Crippen LogP contribution in [0.25, 0.3) is 0 Å². The van der Waals surface area contributed by atoms with E-state index in [-0.39, 0.29) is 0 Å². The van der Waals surface area contributed by atoms with Gasteiger partial charge in [0.25, 0.3) is 0 Å². The van der Waals surface area contributed by atoms with E-state index >= 15 is 0 Å². The highest BCUT2D eigenvalue weighted by Gasteiger charge is 2.30. The Bertz CT molecular complexity index is 565. The van der Waals surface area contributed by atoms with Crippen LogP contribution in [-0.4, -0.2) is 23.5 Å². The Morgan fingerprint density at radius 2 is 1.59 bits per heavy atom. The minimum absolute atomic E-state index is 0.625. The van der Waals surface area contributed by atoms with Crippen molar-refractivity contribution in [1.29, 1.82) is 5.26 Å². The van der Waals surface area contributed by atoms with E-state index in [1.54, 1.807) is 0 Å². The third-order valence-electron chi connectivity index (χ3n) is 2.63. The molecule has 0 aromatic rings. The van der Waals surface area contributed by atoms with E-state index in [1.807, 2.05) is 94.1 Å². The van der Waals surface area contributed by atoms with Crippen LogP contribution < -0.4 is 0 Å². The second-order valence-electron chi connectivity index (χ2n) is 4.14. The lowest BCUT2D eigenvalue weighted by molar-refractivity contribution is 1.13. The molecule has 0 N–H and O–H groups in total. The highest BCUT2D eigenvalue weighted by atomic mass is 32.3. The molecule has 3 aliphatic rings. The normalized spacial score (nSPS) is 22.2. The quantitative estimate of drug-likeness (QED) is 0.420. The fourth-order valence-corrected chi connectivity index (χ4v) is 13.4. The monoisotopic (exact) mass is 439 g/mol. The van der Waals surface area contributed by atoms with Crippen molar-refractivity contribution in [1.82, 2.24) is 0 Å². The summed E-state index contributed by atoms with van der Waals surface area (Å²) in [6.45, 7) is 0. The van der Waals surface area contributed by atoms with Crippen LogP contribution in [0.15, 0.2) is 25.4 Å². The molecule has 0 saturated heterocycles. The van der Waals surface area contributed by atoms with Gasteiger partial charge in [0.05, 0.1) is 31.5 Å². The highest BCUT2D eigenvalue weighted by molar-refractivity contribution is 8.45. The zero-order valence-electron chi connectivity index (χ0n) is 11.7. The smallest absolute Gasteiger partial charge is 0.0717 e. The van der Waals surface area contributed by atoms with Crippen LogP contribution in [-0.2, 0) is 0 Å². The summed E-state index contributed by atoms with van der Waals surface area (Å²) in [7, 11) is 0. The lowest BCUT2D eigenvalue weighted by Gasteiger charge is -2.03. The molecular formula is C13H13NS8. The molecule has 0 amide bonds. The van der Waals surface area contributed by atoms with Gasteiger partial charge in [0.1, 0.15) is 0 Å². The predicted molar refractivity (Wildman–Crippen MR) is 117 cm³/mol. The first kappa shape index (κ1) is 18.3. The van der Waals surface area contributed by atoms with Crippen molar-refractivity contribution in [3.05, 3.63) is 25.4 Å². The zero-order valence-corrected chi connectivity index (χ0v) is 18.3. The van der Waals surface area contributed by atoms with Crippen LogP contribution in [0.2, 0.25) is 0 Å². The van der Waals surface area contributed by atoms with Gasteiger partial charge in [0.15, 0.2) is 0 Å². The first-order chi connectivity index (χ1) is 10.8. The molecule has 0 aliphatic carbocycles. The molecule has 0 saturated carbocycles. The fourth-order valence-electron chi connectivity index (χ4n) is 1.68. The summed E-state index contributed by atoms with van der Waals surface area (Å²) in [6, 6.07) is 2.23. The maximum Gasteiger partial charge on any atom is 0.0717 e. The molecule has 0 unspecified atom stereocenters. The summed E-state index contributed by atoms with van der Waals surface area (Å²) in [5, 5.41) is 8.71. The van der Waals surface area contributed by atoms with Crippen molar-refractivity contribution in [3.8, 4) is 6.07 Å². The maximum atomic E-state index is 8.71. The Morgan fingerprint density at radius 3 is 2.23 bits per heavy atom. The van der Waals surface area contributed by atoms with Gasteiger partial charge in [-0.25, -0.2) is 0 Å². The molecule has 1 nitrogen and oxygen atoms in total. The van der Waals surface area contributed by atoms with Gasteiger partial charge in [-0.15, -0.1) is 47.0 Å². The van der Waals surface area contributed by atoms with Crippen LogP contribution in [0, 0.1) is 11.3 Å². The van der Waals surface area contributed by atoms with Gasteiger partial charge in [-0.3, -0.25) is 0 Å². The van der Waals surface area contributed by atoms with E-state index < -0.39 is 0 Å². The van der Waals surface area contributed by atoms with Crippen molar-refractivity contribution < 1.29 is 0 Å². The molecule has 3 heterocycles. The lowest BCUT2D eigenvalue weighted by Crippen LogP contribution is -1.79. The van der Waals surface area contributed by atoms with Crippen molar-refractivity contribution in [2.45, 2.75) is 12.8 Å². The average molecular weight is 440 g/mol. The topological polar surface area (TPSA) is 23.8 Å². The standard InChI is InChI=1S/C13H13NS8/c1-15-8-9(16-5-2-4-14)20-12(19-8)13-21-10-11(22-13)18-7-3-6-17-10/h2-3,5-7H2,1H3. The van der Waals surface area contributed by atoms with Gasteiger partial charge in [-0.2, -0.15) is 5.26 Å². The van der Waals surface area contributed by atoms with E-state index in [4.69, 9.17) is 5.26 Å². The Morgan fingerprint density at radius 1 is 0.955 bits per heavy atom. The van der Waals surface area contributed by atoms with Gasteiger partial charge in [-0.1, -0.05) is 47.0 Å². The highest BCUT2D eigenvalue weighted by Crippen LogP contribution is 2.66. The molecule has 0 fully saturated rings. The molecule has 0 spiro atoms. The van der Waals surface area contributed by atoms with Crippen molar-refractivity contribution in [3.63, 3.8) is 0 Å². The Kier molecular flexibility index (Phi) is 7.72. The zero-order chi connectivity index (χ0) is 15.4. The minimum atomic E-state index is 0.625. The average Bonchev–Trinajstić information content (AvgIpc) is 3.06. The van der Waals surface area contributed by atoms with Crippen LogP contribution >= 0.6 is 94.1 Å². The van der Waals surface area contributed by atoms with Gasteiger partial charge >= 0.3 is 0 Å². The fraction of sp³-hybridized carbons (Fsp3) is 0.462. The number of nitrogens with zero attached hydrogens (tertiary/aromatic N) is 1. The molecule has 0 radical (unpaired) electrons. The number of hydrogen-bond acceptors (Lipinski definition) is 9. The molecule has 118 valence electrons. The van der Waals surface area contributed by atoms with E-state index in [9.17, 15) is 0 Å². The Labute approximate surface area is 165 Å². The lowest BCUT2D eigenvalue weighted by atomic mass is 10.6. The predicted octanol–water partition coefficient (Wildman–Crippen LogP) is 7.21. The summed E-state index contributed by atoms with van der Waals surface area (Å²) in [5.74, 6) is 3.41. The summed E-state index contributed by atoms with van der Waals surface area (Å²) in [5.41, 5.74) is 0. The van der Waals surface area contributed by atoms with Crippen LogP contribution in [0.4, 0.5) is 0 Å². The maximum absolute atomic E-state index is 8.71. The van der Waals surface area contributed by atoms with Gasteiger partial charge in [-0.05, 0) is 24.2 Å². The molecule has 0 atom stereocenters. The summed E-state index contributed by atoms with van der Waals surface area (Å²) in [4.78, 5) is 0. The number of hydrogen-bond donors (Lipinski definition) is 0. The van der Waals surface area contributed by atoms with Crippen molar-refractivity contribution in [2.24, 2.45) is 0 Å². The number of thioether (sulfide) groups is 8. The largest absolute Gasteiger partial charge is 0.198 e. The molecule has 3 rings (SSSR count). The summed E-state index contributed by atoms with van der Waals surface area (Å²) < 4.78 is 8.73. The third kappa shape index (κ3) is 4.57. The summed E-state index contributed by atoms with van der Waals surface area (Å²) >= 11 is 15.5. The van der Waals surface area contributed by atoms with Crippen LogP contribution in [0.1, 0.15) is 12.8 Å². The van der Waals surface area contributed by atoms with E-state index in [0.717, 1.165) is 5.75 Å². The van der Waals surface area contributed by atoms with E-state index in [2.05, 4.69) is 12.3 Å². The molecule has 3 aliphatic heterocycles. The first-order valence-corrected chi connectivity index (χ1v) is 14.0. The van der Waals surface area contributed by atoms with Gasteiger partial charge in [0.2, 0.25) is 0 Å². The number of nitriles is 1. The molecule has 0 bridgehead atoms. The van der Waals surface area contributed by atoms with Crippen LogP contribution in [0.5, 0.6) is 0 Å². The summed E-state index contributed by atoms with van der Waals surface area (Å²) in [6.07, 6.45) is 4.09. The van der Waals surface area contributed by atoms with Crippen molar-refractivity contribution >= 4 is 94.1 Å². The van der Waals surface area contributed by atoms with Gasteiger partial charge < -0.3 is 0 Å². The minimum Gasteiger partial charge on any atom is -0.198 e. The second kappa shape index (κ2) is 9.27. The third-order valence-corrected chi connectivity index (χ3v) is 14.2. The molecule has 22 heavy (non-hydrogen) atoms. The van der Waals surface area contributed by atoms with Gasteiger partial charge in [0, 0.05) is 12.2 Å². The van der Waals surface area contributed by atoms with Crippen molar-refractivity contribution in [2.75, 3.05) is 23.5 Å². The van der Waals surface area contributed by atoms with E-state index in [0.29, 0.717) is 6.42 Å². The Balaban J connectivity index is 1.67. The first-order valence-electron chi connectivity index (χ1n) is 6.55. The van der Waals surface area contributed by atoms with Crippen LogP contribution in [0.3, 0.4) is 0 Å².